The fraction of sp³-hybridized carbons (Fsp3) is 0.172. The molecular formula is C29H23NO2. The first-order chi connectivity index (χ1) is 15.6. The molecule has 1 saturated heterocycles. The first-order valence-electron chi connectivity index (χ1n) is 11.1. The van der Waals surface area contributed by atoms with Gasteiger partial charge < -0.3 is 0 Å². The van der Waals surface area contributed by atoms with E-state index in [2.05, 4.69) is 43.3 Å². The third-order valence-corrected chi connectivity index (χ3v) is 7.29. The van der Waals surface area contributed by atoms with Gasteiger partial charge in [0, 0.05) is 11.8 Å². The fourth-order valence-corrected chi connectivity index (χ4v) is 5.81. The Kier molecular flexibility index (Phi) is 4.25. The topological polar surface area (TPSA) is 37.4 Å². The molecule has 3 aliphatic rings. The molecule has 0 N–H and O–H groups in total. The lowest BCUT2D eigenvalue weighted by atomic mass is 9.85. The van der Waals surface area contributed by atoms with Gasteiger partial charge in [0.15, 0.2) is 0 Å². The maximum atomic E-state index is 13.5. The molecule has 1 saturated carbocycles. The highest BCUT2D eigenvalue weighted by atomic mass is 16.2. The lowest BCUT2D eigenvalue weighted by molar-refractivity contribution is -0.122. The Bertz CT molecular complexity index is 1240. The summed E-state index contributed by atoms with van der Waals surface area (Å²) in [6.45, 7) is 2.12. The smallest absolute Gasteiger partial charge is 0.238 e. The molecule has 6 rings (SSSR count). The second-order valence-corrected chi connectivity index (χ2v) is 8.86. The van der Waals surface area contributed by atoms with Crippen molar-refractivity contribution < 1.29 is 9.59 Å². The number of imide groups is 1. The highest BCUT2D eigenvalue weighted by molar-refractivity contribution is 6.23. The quantitative estimate of drug-likeness (QED) is 0.402. The van der Waals surface area contributed by atoms with Crippen molar-refractivity contribution in [3.8, 4) is 11.1 Å². The number of fused-ring (bicyclic) bond motifs is 5. The van der Waals surface area contributed by atoms with Crippen LogP contribution in [-0.4, -0.2) is 11.8 Å². The molecule has 0 aromatic heterocycles. The van der Waals surface area contributed by atoms with E-state index in [1.54, 1.807) is 0 Å². The van der Waals surface area contributed by atoms with Crippen molar-refractivity contribution in [1.29, 1.82) is 0 Å². The van der Waals surface area contributed by atoms with E-state index in [-0.39, 0.29) is 35.5 Å². The number of hydrogen-bond donors (Lipinski definition) is 0. The summed E-state index contributed by atoms with van der Waals surface area (Å²) in [6, 6.07) is 28.1. The molecule has 2 aliphatic carbocycles. The fourth-order valence-electron chi connectivity index (χ4n) is 5.81. The second kappa shape index (κ2) is 7.16. The van der Waals surface area contributed by atoms with Gasteiger partial charge in [0.1, 0.15) is 0 Å². The van der Waals surface area contributed by atoms with Gasteiger partial charge in [0.25, 0.3) is 0 Å². The van der Waals surface area contributed by atoms with Gasteiger partial charge in [-0.2, -0.15) is 0 Å². The predicted molar refractivity (Wildman–Crippen MR) is 127 cm³/mol. The van der Waals surface area contributed by atoms with E-state index >= 15 is 0 Å². The molecular weight excluding hydrogens is 394 g/mol. The van der Waals surface area contributed by atoms with Gasteiger partial charge in [0.2, 0.25) is 11.8 Å². The molecule has 2 amide bonds. The highest BCUT2D eigenvalue weighted by Crippen LogP contribution is 2.58. The number of nitrogens with zero attached hydrogens (tertiary/aromatic N) is 1. The van der Waals surface area contributed by atoms with Gasteiger partial charge in [-0.3, -0.25) is 9.59 Å². The summed E-state index contributed by atoms with van der Waals surface area (Å²) in [6.07, 6.45) is 4.28. The molecule has 4 atom stereocenters. The Hall–Kier alpha value is -3.72. The predicted octanol–water partition coefficient (Wildman–Crippen LogP) is 5.75. The monoisotopic (exact) mass is 417 g/mol. The second-order valence-electron chi connectivity index (χ2n) is 8.86. The zero-order valence-electron chi connectivity index (χ0n) is 17.8. The first kappa shape index (κ1) is 19.0. The van der Waals surface area contributed by atoms with E-state index in [4.69, 9.17) is 0 Å². The summed E-state index contributed by atoms with van der Waals surface area (Å²) in [5, 5.41) is 0. The number of carbonyl (C=O) groups is 2. The third-order valence-electron chi connectivity index (χ3n) is 7.29. The number of rotatable bonds is 3. The molecule has 3 aromatic carbocycles. The summed E-state index contributed by atoms with van der Waals surface area (Å²) >= 11 is 0. The minimum absolute atomic E-state index is 0.00949. The van der Waals surface area contributed by atoms with Gasteiger partial charge in [-0.15, -0.1) is 0 Å². The normalized spacial score (nSPS) is 25.5. The van der Waals surface area contributed by atoms with Gasteiger partial charge in [0.05, 0.1) is 17.5 Å². The Balaban J connectivity index is 1.33. The average Bonchev–Trinajstić information content (AvgIpc) is 3.49. The standard InChI is InChI=1S/C29H23NO2/c1-18(19-8-4-2-5-9-19)25-23-16-17-24(25)27-26(23)28(31)30(29(27)32)22-14-12-21(13-15-22)20-10-6-3-7-11-20/h2-17,23-24,26-27H,1H3/t23-,24-,26-,27-/m1/s1. The van der Waals surface area contributed by atoms with Crippen LogP contribution in [0.15, 0.2) is 103 Å². The Morgan fingerprint density at radius 1 is 0.656 bits per heavy atom. The summed E-state index contributed by atoms with van der Waals surface area (Å²) < 4.78 is 0. The number of benzene rings is 3. The van der Waals surface area contributed by atoms with Crippen molar-refractivity contribution in [2.45, 2.75) is 6.92 Å². The molecule has 1 heterocycles. The minimum Gasteiger partial charge on any atom is -0.274 e. The van der Waals surface area contributed by atoms with E-state index in [9.17, 15) is 9.59 Å². The SMILES string of the molecule is CC(=C1[C@H]2C=C[C@H]1[C@H]1C(=O)N(c3ccc(-c4ccccc4)cc3)C(=O)[C@@H]12)c1ccccc1. The van der Waals surface area contributed by atoms with Crippen molar-refractivity contribution in [2.24, 2.45) is 23.7 Å². The lowest BCUT2D eigenvalue weighted by Gasteiger charge is -2.20. The van der Waals surface area contributed by atoms with E-state index in [0.717, 1.165) is 16.7 Å². The summed E-state index contributed by atoms with van der Waals surface area (Å²) in [7, 11) is 0. The van der Waals surface area contributed by atoms with Crippen molar-refractivity contribution in [3.63, 3.8) is 0 Å². The average molecular weight is 418 g/mol. The number of carbonyl (C=O) groups excluding carboxylic acids is 2. The van der Waals surface area contributed by atoms with Crippen LogP contribution in [0.3, 0.4) is 0 Å². The van der Waals surface area contributed by atoms with E-state index in [1.165, 1.54) is 16.0 Å². The van der Waals surface area contributed by atoms with Crippen molar-refractivity contribution >= 4 is 23.1 Å². The van der Waals surface area contributed by atoms with Crippen molar-refractivity contribution in [2.75, 3.05) is 4.90 Å². The van der Waals surface area contributed by atoms with Gasteiger partial charge in [-0.05, 0) is 41.3 Å². The molecule has 32 heavy (non-hydrogen) atoms. The summed E-state index contributed by atoms with van der Waals surface area (Å²) in [5.41, 5.74) is 6.45. The Morgan fingerprint density at radius 2 is 1.16 bits per heavy atom. The number of amides is 2. The van der Waals surface area contributed by atoms with Crippen LogP contribution in [0.4, 0.5) is 5.69 Å². The number of anilines is 1. The van der Waals surface area contributed by atoms with E-state index in [1.807, 2.05) is 60.7 Å². The van der Waals surface area contributed by atoms with Crippen LogP contribution in [0.5, 0.6) is 0 Å². The van der Waals surface area contributed by atoms with Crippen molar-refractivity contribution in [3.05, 3.63) is 108 Å². The lowest BCUT2D eigenvalue weighted by Crippen LogP contribution is -2.33. The molecule has 2 fully saturated rings. The first-order valence-corrected chi connectivity index (χ1v) is 11.1. The molecule has 2 bridgehead atoms. The van der Waals surface area contributed by atoms with Crippen molar-refractivity contribution in [1.82, 2.24) is 0 Å². The minimum atomic E-state index is -0.292. The largest absolute Gasteiger partial charge is 0.274 e. The summed E-state index contributed by atoms with van der Waals surface area (Å²) in [4.78, 5) is 28.4. The molecule has 0 spiro atoms. The Labute approximate surface area is 187 Å². The summed E-state index contributed by atoms with van der Waals surface area (Å²) in [5.74, 6) is -0.698. The zero-order valence-corrected chi connectivity index (χ0v) is 17.8. The molecule has 3 nitrogen and oxygen atoms in total. The molecule has 0 unspecified atom stereocenters. The van der Waals surface area contributed by atoms with Gasteiger partial charge in [-0.1, -0.05) is 90.5 Å². The molecule has 3 heteroatoms. The van der Waals surface area contributed by atoms with Crippen LogP contribution in [-0.2, 0) is 9.59 Å². The van der Waals surface area contributed by atoms with Crippen LogP contribution in [0.25, 0.3) is 16.7 Å². The highest BCUT2D eigenvalue weighted by Gasteiger charge is 2.62. The molecule has 1 aliphatic heterocycles. The van der Waals surface area contributed by atoms with E-state index < -0.39 is 0 Å². The van der Waals surface area contributed by atoms with Gasteiger partial charge >= 0.3 is 0 Å². The van der Waals surface area contributed by atoms with Crippen LogP contribution in [0.1, 0.15) is 12.5 Å². The molecule has 3 aromatic rings. The van der Waals surface area contributed by atoms with Crippen LogP contribution in [0, 0.1) is 23.7 Å². The van der Waals surface area contributed by atoms with Crippen LogP contribution >= 0.6 is 0 Å². The zero-order chi connectivity index (χ0) is 21.8. The van der Waals surface area contributed by atoms with Crippen LogP contribution in [0.2, 0.25) is 0 Å². The molecule has 156 valence electrons. The Morgan fingerprint density at radius 3 is 1.72 bits per heavy atom. The number of hydrogen-bond acceptors (Lipinski definition) is 2. The third kappa shape index (κ3) is 2.67. The number of allylic oxidation sites excluding steroid dienone is 4. The van der Waals surface area contributed by atoms with E-state index in [0.29, 0.717) is 5.69 Å². The maximum Gasteiger partial charge on any atom is 0.238 e. The molecule has 0 radical (unpaired) electrons. The van der Waals surface area contributed by atoms with Crippen LogP contribution < -0.4 is 4.90 Å². The maximum absolute atomic E-state index is 13.5. The van der Waals surface area contributed by atoms with Gasteiger partial charge in [-0.25, -0.2) is 4.90 Å².